The smallest absolute Gasteiger partial charge is 0.345 e. The molecule has 7 nitrogen and oxygen atoms in total. The number of carbonyl (C=O) groups is 2. The Kier molecular flexibility index (Phi) is 9.56. The van der Waals surface area contributed by atoms with E-state index in [1.165, 1.54) is 18.3 Å². The number of ether oxygens (including phenoxy) is 3. The molecule has 1 unspecified atom stereocenters. The van der Waals surface area contributed by atoms with E-state index < -0.39 is 18.0 Å². The van der Waals surface area contributed by atoms with Crippen LogP contribution in [0.2, 0.25) is 10.0 Å². The maximum absolute atomic E-state index is 12.4. The molecule has 0 heterocycles. The van der Waals surface area contributed by atoms with Crippen molar-refractivity contribution in [3.05, 3.63) is 124 Å². The van der Waals surface area contributed by atoms with Crippen molar-refractivity contribution in [2.75, 3.05) is 0 Å². The summed E-state index contributed by atoms with van der Waals surface area (Å²) in [5, 5.41) is 4.58. The van der Waals surface area contributed by atoms with Gasteiger partial charge in [-0.25, -0.2) is 10.2 Å². The van der Waals surface area contributed by atoms with Crippen LogP contribution in [0, 0.1) is 0 Å². The van der Waals surface area contributed by atoms with E-state index in [9.17, 15) is 9.59 Å². The SMILES string of the molecule is CC(Oc1ccc(OCc2ccccc2)cc1)C(=O)N/N=C/c1cccc(OC(=O)c2ccc(Cl)cc2Cl)c1. The van der Waals surface area contributed by atoms with Crippen LogP contribution in [0.1, 0.15) is 28.4 Å². The molecule has 1 N–H and O–H groups in total. The van der Waals surface area contributed by atoms with Gasteiger partial charge in [0, 0.05) is 5.02 Å². The Balaban J connectivity index is 1.26. The molecule has 0 radical (unpaired) electrons. The lowest BCUT2D eigenvalue weighted by atomic mass is 10.2. The molecule has 4 aromatic rings. The van der Waals surface area contributed by atoms with Crippen molar-refractivity contribution in [1.82, 2.24) is 5.43 Å². The Morgan fingerprint density at radius 3 is 2.36 bits per heavy atom. The highest BCUT2D eigenvalue weighted by atomic mass is 35.5. The minimum Gasteiger partial charge on any atom is -0.489 e. The van der Waals surface area contributed by atoms with Crippen LogP contribution in [0.25, 0.3) is 0 Å². The molecule has 0 bridgehead atoms. The molecule has 1 amide bonds. The van der Waals surface area contributed by atoms with Gasteiger partial charge in [-0.1, -0.05) is 65.7 Å². The largest absolute Gasteiger partial charge is 0.489 e. The van der Waals surface area contributed by atoms with E-state index >= 15 is 0 Å². The van der Waals surface area contributed by atoms with E-state index in [0.29, 0.717) is 28.7 Å². The summed E-state index contributed by atoms with van der Waals surface area (Å²) in [7, 11) is 0. The van der Waals surface area contributed by atoms with Crippen molar-refractivity contribution in [2.24, 2.45) is 5.10 Å². The summed E-state index contributed by atoms with van der Waals surface area (Å²) < 4.78 is 16.9. The third kappa shape index (κ3) is 8.33. The van der Waals surface area contributed by atoms with Crippen molar-refractivity contribution in [3.8, 4) is 17.2 Å². The Labute approximate surface area is 235 Å². The van der Waals surface area contributed by atoms with Crippen LogP contribution in [0.4, 0.5) is 0 Å². The van der Waals surface area contributed by atoms with Crippen LogP contribution in [-0.4, -0.2) is 24.2 Å². The highest BCUT2D eigenvalue weighted by molar-refractivity contribution is 6.36. The van der Waals surface area contributed by atoms with Gasteiger partial charge in [0.15, 0.2) is 6.10 Å². The van der Waals surface area contributed by atoms with Gasteiger partial charge in [0.2, 0.25) is 0 Å². The lowest BCUT2D eigenvalue weighted by molar-refractivity contribution is -0.127. The Hall–Kier alpha value is -4.33. The highest BCUT2D eigenvalue weighted by Crippen LogP contribution is 2.23. The zero-order chi connectivity index (χ0) is 27.6. The number of halogens is 2. The van der Waals surface area contributed by atoms with Crippen LogP contribution in [0.3, 0.4) is 0 Å². The first-order chi connectivity index (χ1) is 18.9. The number of amides is 1. The van der Waals surface area contributed by atoms with E-state index in [1.807, 2.05) is 30.3 Å². The van der Waals surface area contributed by atoms with Gasteiger partial charge >= 0.3 is 5.97 Å². The molecular formula is C30H24Cl2N2O5. The van der Waals surface area contributed by atoms with Crippen LogP contribution in [0.5, 0.6) is 17.2 Å². The van der Waals surface area contributed by atoms with Crippen molar-refractivity contribution in [2.45, 2.75) is 19.6 Å². The fraction of sp³-hybridized carbons (Fsp3) is 0.100. The van der Waals surface area contributed by atoms with Crippen LogP contribution in [-0.2, 0) is 11.4 Å². The predicted molar refractivity (Wildman–Crippen MR) is 151 cm³/mol. The number of esters is 1. The number of rotatable bonds is 10. The first-order valence-corrected chi connectivity index (χ1v) is 12.7. The van der Waals surface area contributed by atoms with Gasteiger partial charge in [-0.2, -0.15) is 5.10 Å². The van der Waals surface area contributed by atoms with E-state index in [2.05, 4.69) is 10.5 Å². The average molecular weight is 563 g/mol. The van der Waals surface area contributed by atoms with Gasteiger partial charge in [0.1, 0.15) is 23.9 Å². The summed E-state index contributed by atoms with van der Waals surface area (Å²) >= 11 is 11.9. The maximum atomic E-state index is 12.4. The lowest BCUT2D eigenvalue weighted by Crippen LogP contribution is -2.33. The minimum atomic E-state index is -0.797. The number of hydrazone groups is 1. The van der Waals surface area contributed by atoms with Gasteiger partial charge in [-0.3, -0.25) is 4.79 Å². The zero-order valence-corrected chi connectivity index (χ0v) is 22.4. The fourth-order valence-electron chi connectivity index (χ4n) is 3.35. The van der Waals surface area contributed by atoms with Gasteiger partial charge in [0.05, 0.1) is 16.8 Å². The van der Waals surface area contributed by atoms with E-state index in [-0.39, 0.29) is 16.3 Å². The molecule has 0 saturated carbocycles. The Morgan fingerprint density at radius 2 is 1.62 bits per heavy atom. The predicted octanol–water partition coefficient (Wildman–Crippen LogP) is 6.71. The van der Waals surface area contributed by atoms with Crippen molar-refractivity contribution < 1.29 is 23.8 Å². The number of hydrogen-bond acceptors (Lipinski definition) is 6. The number of nitrogens with one attached hydrogen (secondary N) is 1. The number of benzene rings is 4. The fourth-order valence-corrected chi connectivity index (χ4v) is 3.84. The molecule has 0 fully saturated rings. The van der Waals surface area contributed by atoms with Crippen molar-refractivity contribution in [1.29, 1.82) is 0 Å². The van der Waals surface area contributed by atoms with Gasteiger partial charge in [-0.05, 0) is 72.6 Å². The molecule has 198 valence electrons. The van der Waals surface area contributed by atoms with Crippen LogP contribution < -0.4 is 19.6 Å². The molecule has 1 atom stereocenters. The summed E-state index contributed by atoms with van der Waals surface area (Å²) in [6.45, 7) is 2.08. The molecule has 0 aliphatic rings. The molecule has 9 heteroatoms. The standard InChI is InChI=1S/C30H24Cl2N2O5/c1-20(38-25-13-11-24(12-14-25)37-19-21-6-3-2-4-7-21)29(35)34-33-18-22-8-5-9-26(16-22)39-30(36)27-15-10-23(31)17-28(27)32/h2-18,20H,19H2,1H3,(H,34,35)/b33-18+. The van der Waals surface area contributed by atoms with Crippen LogP contribution >= 0.6 is 23.2 Å². The molecule has 39 heavy (non-hydrogen) atoms. The summed E-state index contributed by atoms with van der Waals surface area (Å²) in [6, 6.07) is 28.0. The minimum absolute atomic E-state index is 0.190. The van der Waals surface area contributed by atoms with Crippen molar-refractivity contribution >= 4 is 41.3 Å². The molecule has 4 rings (SSSR count). The second kappa shape index (κ2) is 13.5. The first kappa shape index (κ1) is 27.7. The maximum Gasteiger partial charge on any atom is 0.345 e. The van der Waals surface area contributed by atoms with Gasteiger partial charge in [0.25, 0.3) is 5.91 Å². The molecule has 0 aliphatic heterocycles. The number of carbonyl (C=O) groups excluding carboxylic acids is 2. The summed E-state index contributed by atoms with van der Waals surface area (Å²) in [4.78, 5) is 24.9. The highest BCUT2D eigenvalue weighted by Gasteiger charge is 2.15. The third-order valence-electron chi connectivity index (χ3n) is 5.36. The van der Waals surface area contributed by atoms with E-state index in [4.69, 9.17) is 37.4 Å². The second-order valence-corrected chi connectivity index (χ2v) is 9.17. The van der Waals surface area contributed by atoms with E-state index in [0.717, 1.165) is 5.56 Å². The number of nitrogens with zero attached hydrogens (tertiary/aromatic N) is 1. The third-order valence-corrected chi connectivity index (χ3v) is 5.91. The van der Waals surface area contributed by atoms with Gasteiger partial charge < -0.3 is 14.2 Å². The van der Waals surface area contributed by atoms with Crippen molar-refractivity contribution in [3.63, 3.8) is 0 Å². The number of hydrogen-bond donors (Lipinski definition) is 1. The normalized spacial score (nSPS) is 11.6. The van der Waals surface area contributed by atoms with Gasteiger partial charge in [-0.15, -0.1) is 0 Å². The zero-order valence-electron chi connectivity index (χ0n) is 20.8. The van der Waals surface area contributed by atoms with Crippen LogP contribution in [0.15, 0.2) is 102 Å². The topological polar surface area (TPSA) is 86.2 Å². The molecule has 0 aliphatic carbocycles. The molecule has 0 saturated heterocycles. The second-order valence-electron chi connectivity index (χ2n) is 8.33. The molecule has 0 spiro atoms. The summed E-state index contributed by atoms with van der Waals surface area (Å²) in [5.41, 5.74) is 4.30. The lowest BCUT2D eigenvalue weighted by Gasteiger charge is -2.13. The Bertz CT molecular complexity index is 1460. The average Bonchev–Trinajstić information content (AvgIpc) is 2.93. The monoisotopic (exact) mass is 562 g/mol. The first-order valence-electron chi connectivity index (χ1n) is 11.9. The Morgan fingerprint density at radius 1 is 0.872 bits per heavy atom. The quantitative estimate of drug-likeness (QED) is 0.100. The molecule has 4 aromatic carbocycles. The summed E-state index contributed by atoms with van der Waals surface area (Å²) in [5.74, 6) is 0.437. The summed E-state index contributed by atoms with van der Waals surface area (Å²) in [6.07, 6.45) is 0.630. The molecular weight excluding hydrogens is 539 g/mol. The molecule has 0 aromatic heterocycles. The van der Waals surface area contributed by atoms with E-state index in [1.54, 1.807) is 61.5 Å².